The van der Waals surface area contributed by atoms with Gasteiger partial charge in [-0.1, -0.05) is 46.8 Å². The van der Waals surface area contributed by atoms with Crippen LogP contribution in [-0.2, 0) is 38.0 Å². The molecule has 64 heavy (non-hydrogen) atoms. The maximum atomic E-state index is 13.7. The Labute approximate surface area is 374 Å². The van der Waals surface area contributed by atoms with Gasteiger partial charge in [-0.15, -0.1) is 0 Å². The molecule has 0 radical (unpaired) electrons. The molecular formula is C47H72O17. The largest absolute Gasteiger partial charge is 0.455 e. The Hall–Kier alpha value is -1.65. The van der Waals surface area contributed by atoms with E-state index >= 15 is 0 Å². The fourth-order valence-corrected chi connectivity index (χ4v) is 14.7. The van der Waals surface area contributed by atoms with Gasteiger partial charge in [0.1, 0.15) is 72.2 Å². The second kappa shape index (κ2) is 15.7. The zero-order chi connectivity index (χ0) is 46.5. The number of ether oxygens (including phenoxy) is 7. The Morgan fingerprint density at radius 1 is 0.719 bits per heavy atom. The van der Waals surface area contributed by atoms with Crippen molar-refractivity contribution in [3.63, 3.8) is 0 Å². The number of carbonyl (C=O) groups excluding carboxylic acids is 1. The summed E-state index contributed by atoms with van der Waals surface area (Å²) in [5.41, 5.74) is -2.28. The van der Waals surface area contributed by atoms with E-state index in [2.05, 4.69) is 46.8 Å². The van der Waals surface area contributed by atoms with Crippen LogP contribution in [0.4, 0.5) is 0 Å². The van der Waals surface area contributed by atoms with Crippen LogP contribution in [0.5, 0.6) is 0 Å². The first kappa shape index (κ1) is 47.4. The Morgan fingerprint density at radius 2 is 1.39 bits per heavy atom. The first-order chi connectivity index (χ1) is 29.8. The van der Waals surface area contributed by atoms with Crippen molar-refractivity contribution in [2.45, 2.75) is 210 Å². The number of hydrogen-bond acceptors (Lipinski definition) is 17. The summed E-state index contributed by atoms with van der Waals surface area (Å²) in [7, 11) is 0. The number of aliphatic hydroxyl groups is 9. The molecule has 5 saturated heterocycles. The van der Waals surface area contributed by atoms with E-state index in [1.807, 2.05) is 13.8 Å². The average Bonchev–Trinajstić information content (AvgIpc) is 3.23. The highest BCUT2D eigenvalue weighted by atomic mass is 16.8. The molecule has 0 aromatic rings. The van der Waals surface area contributed by atoms with Crippen LogP contribution in [0.25, 0.3) is 0 Å². The number of aliphatic hydroxyl groups excluding tert-OH is 8. The summed E-state index contributed by atoms with van der Waals surface area (Å²) >= 11 is 0. The van der Waals surface area contributed by atoms with Crippen molar-refractivity contribution in [3.8, 4) is 0 Å². The van der Waals surface area contributed by atoms with Gasteiger partial charge in [0.05, 0.1) is 30.8 Å². The molecule has 0 aromatic heterocycles. The lowest BCUT2D eigenvalue weighted by molar-refractivity contribution is -0.382. The molecule has 3 saturated carbocycles. The topological polar surface area (TPSA) is 264 Å². The SMILES string of the molecule is CC1OC(OC2C(OC3C(O)C(CO)OC(OC4CCC5(C)C(CCC6(C)C5C=CC5=C7C8(CCC(C)(OC8=O)C7(C)O)CCC56C)C4(C)C)C3O)OCC(O)C2O)C(O)C(O)C1O. The minimum absolute atomic E-state index is 0.157. The van der Waals surface area contributed by atoms with Gasteiger partial charge in [0.25, 0.3) is 0 Å². The summed E-state index contributed by atoms with van der Waals surface area (Å²) in [6, 6.07) is 0. The molecule has 2 bridgehead atoms. The Kier molecular flexibility index (Phi) is 11.6. The summed E-state index contributed by atoms with van der Waals surface area (Å²) < 4.78 is 42.1. The van der Waals surface area contributed by atoms with Crippen LogP contribution in [0.15, 0.2) is 23.3 Å². The van der Waals surface area contributed by atoms with E-state index in [9.17, 15) is 50.8 Å². The lowest BCUT2D eigenvalue weighted by Crippen LogP contribution is -2.71. The molecule has 5 aliphatic heterocycles. The second-order valence-electron chi connectivity index (χ2n) is 22.6. The lowest BCUT2D eigenvalue weighted by Gasteiger charge is -2.71. The smallest absolute Gasteiger partial charge is 0.317 e. The van der Waals surface area contributed by atoms with E-state index in [0.717, 1.165) is 36.8 Å². The third kappa shape index (κ3) is 6.46. The quantitative estimate of drug-likeness (QED) is 0.127. The van der Waals surface area contributed by atoms with Crippen LogP contribution in [-0.4, -0.2) is 168 Å². The molecule has 5 aliphatic carbocycles. The molecule has 23 unspecified atom stereocenters. The second-order valence-corrected chi connectivity index (χ2v) is 22.6. The van der Waals surface area contributed by atoms with Crippen molar-refractivity contribution >= 4 is 5.97 Å². The zero-order valence-electron chi connectivity index (χ0n) is 38.3. The summed E-state index contributed by atoms with van der Waals surface area (Å²) in [4.78, 5) is 13.7. The monoisotopic (exact) mass is 908 g/mol. The molecule has 23 atom stereocenters. The van der Waals surface area contributed by atoms with Gasteiger partial charge in [0.2, 0.25) is 0 Å². The van der Waals surface area contributed by atoms with E-state index in [-0.39, 0.29) is 34.1 Å². The molecule has 17 nitrogen and oxygen atoms in total. The number of carbonyl (C=O) groups is 1. The van der Waals surface area contributed by atoms with Gasteiger partial charge in [0, 0.05) is 0 Å². The van der Waals surface area contributed by atoms with Gasteiger partial charge in [-0.3, -0.25) is 4.79 Å². The number of allylic oxidation sites excluding steroid dienone is 3. The van der Waals surface area contributed by atoms with E-state index in [4.69, 9.17) is 33.2 Å². The molecule has 0 amide bonds. The summed E-state index contributed by atoms with van der Waals surface area (Å²) in [5, 5.41) is 98.8. The van der Waals surface area contributed by atoms with Crippen LogP contribution in [0.1, 0.15) is 107 Å². The maximum absolute atomic E-state index is 13.7. The van der Waals surface area contributed by atoms with Crippen molar-refractivity contribution in [3.05, 3.63) is 23.3 Å². The first-order valence-electron chi connectivity index (χ1n) is 23.5. The molecule has 5 heterocycles. The van der Waals surface area contributed by atoms with Crippen molar-refractivity contribution in [2.24, 2.45) is 38.9 Å². The third-order valence-corrected chi connectivity index (χ3v) is 19.1. The normalized spacial score (nSPS) is 56.7. The molecule has 17 heteroatoms. The highest BCUT2D eigenvalue weighted by Crippen LogP contribution is 2.75. The van der Waals surface area contributed by atoms with Crippen LogP contribution < -0.4 is 0 Å². The highest BCUT2D eigenvalue weighted by molar-refractivity contribution is 5.86. The minimum atomic E-state index is -1.75. The predicted molar refractivity (Wildman–Crippen MR) is 222 cm³/mol. The minimum Gasteiger partial charge on any atom is -0.455 e. The Balaban J connectivity index is 0.951. The summed E-state index contributed by atoms with van der Waals surface area (Å²) in [6.07, 6.45) is -11.1. The van der Waals surface area contributed by atoms with Crippen molar-refractivity contribution in [2.75, 3.05) is 13.2 Å². The van der Waals surface area contributed by atoms with Crippen molar-refractivity contribution in [1.82, 2.24) is 0 Å². The van der Waals surface area contributed by atoms with Gasteiger partial charge in [-0.2, -0.15) is 0 Å². The standard InChI is InChI=1S/C47H72O17/c1-21-28(50)31(53)32(54)37(59-21)63-35-29(51)23(49)20-58-39(35)62-34-30(52)24(19-48)60-38(33(34)55)61-27-12-13-42(4)25(41(27,2)3)11-14-44(6)26(42)10-9-22-36-46(8,57)45(7)16-18-47(36,40(56)64-45)17-15-43(22,44)5/h9-10,21,23-35,37-39,48-55,57H,11-20H2,1-8H3. The average molecular weight is 909 g/mol. The van der Waals surface area contributed by atoms with Gasteiger partial charge >= 0.3 is 5.97 Å². The number of fused-ring (bicyclic) bond motifs is 7. The molecule has 10 rings (SSSR count). The van der Waals surface area contributed by atoms with Gasteiger partial charge in [0.15, 0.2) is 18.9 Å². The van der Waals surface area contributed by atoms with E-state index in [0.29, 0.717) is 25.7 Å². The van der Waals surface area contributed by atoms with E-state index in [1.165, 1.54) is 6.92 Å². The molecule has 0 aromatic carbocycles. The predicted octanol–water partition coefficient (Wildman–Crippen LogP) is 0.859. The fraction of sp³-hybridized carbons (Fsp3) is 0.894. The van der Waals surface area contributed by atoms with E-state index < -0.39 is 127 Å². The maximum Gasteiger partial charge on any atom is 0.317 e. The van der Waals surface area contributed by atoms with Gasteiger partial charge in [-0.05, 0) is 117 Å². The van der Waals surface area contributed by atoms with E-state index in [1.54, 1.807) is 0 Å². The molecule has 1 spiro atoms. The Morgan fingerprint density at radius 3 is 2.08 bits per heavy atom. The molecule has 362 valence electrons. The molecule has 8 fully saturated rings. The van der Waals surface area contributed by atoms with Crippen LogP contribution in [0.3, 0.4) is 0 Å². The van der Waals surface area contributed by atoms with Crippen LogP contribution in [0.2, 0.25) is 0 Å². The highest BCUT2D eigenvalue weighted by Gasteiger charge is 2.73. The summed E-state index contributed by atoms with van der Waals surface area (Å²) in [5.74, 6) is 0.113. The summed E-state index contributed by atoms with van der Waals surface area (Å²) in [6.45, 7) is 15.6. The van der Waals surface area contributed by atoms with Gasteiger partial charge < -0.3 is 79.1 Å². The fourth-order valence-electron chi connectivity index (χ4n) is 14.7. The van der Waals surface area contributed by atoms with Gasteiger partial charge in [-0.25, -0.2) is 0 Å². The first-order valence-corrected chi connectivity index (χ1v) is 23.5. The lowest BCUT2D eigenvalue weighted by atomic mass is 9.35. The molecule has 10 aliphatic rings. The number of hydrogen-bond donors (Lipinski definition) is 9. The molecular weight excluding hydrogens is 837 g/mol. The zero-order valence-corrected chi connectivity index (χ0v) is 38.3. The van der Waals surface area contributed by atoms with Crippen molar-refractivity contribution in [1.29, 1.82) is 0 Å². The molecule has 9 N–H and O–H groups in total. The number of esters is 1. The third-order valence-electron chi connectivity index (χ3n) is 19.1. The number of rotatable bonds is 7. The van der Waals surface area contributed by atoms with Crippen LogP contribution in [0, 0.1) is 38.9 Å². The Bertz CT molecular complexity index is 1890. The van der Waals surface area contributed by atoms with Crippen molar-refractivity contribution < 1.29 is 83.9 Å². The van der Waals surface area contributed by atoms with Crippen LogP contribution >= 0.6 is 0 Å².